The smallest absolute Gasteiger partial charge is 0.298 e. The first-order chi connectivity index (χ1) is 9.05. The molecule has 1 nitrogen and oxygen atoms in total. The molecule has 0 N–H and O–H groups in total. The summed E-state index contributed by atoms with van der Waals surface area (Å²) in [5.41, 5.74) is 0.117. The van der Waals surface area contributed by atoms with Crippen molar-refractivity contribution in [3.05, 3.63) is 72.3 Å². The predicted molar refractivity (Wildman–Crippen MR) is 72.4 cm³/mol. The van der Waals surface area contributed by atoms with Crippen LogP contribution in [0.1, 0.15) is 11.1 Å². The van der Waals surface area contributed by atoms with Gasteiger partial charge in [0.1, 0.15) is 5.75 Å². The molecule has 2 aromatic rings. The molecular weight excluding hydrogens is 246 g/mol. The minimum atomic E-state index is -3.09. The molecule has 0 fully saturated rings. The van der Waals surface area contributed by atoms with Crippen LogP contribution in [-0.2, 0) is 5.92 Å². The molecule has 0 aromatic heterocycles. The summed E-state index contributed by atoms with van der Waals surface area (Å²) in [6, 6.07) is 14.1. The van der Waals surface area contributed by atoms with Crippen molar-refractivity contribution in [2.24, 2.45) is 0 Å². The minimum Gasteiger partial charge on any atom is -0.497 e. The van der Waals surface area contributed by atoms with Gasteiger partial charge in [0.25, 0.3) is 5.92 Å². The van der Waals surface area contributed by atoms with E-state index in [9.17, 15) is 8.78 Å². The van der Waals surface area contributed by atoms with Crippen LogP contribution in [0.3, 0.4) is 0 Å². The van der Waals surface area contributed by atoms with Gasteiger partial charge in [-0.25, -0.2) is 0 Å². The van der Waals surface area contributed by atoms with E-state index in [2.05, 4.69) is 6.58 Å². The average molecular weight is 260 g/mol. The molecule has 0 heterocycles. The summed E-state index contributed by atoms with van der Waals surface area (Å²) < 4.78 is 33.6. The molecule has 0 saturated heterocycles. The maximum atomic E-state index is 14.3. The zero-order valence-corrected chi connectivity index (χ0v) is 10.6. The van der Waals surface area contributed by atoms with Crippen molar-refractivity contribution < 1.29 is 13.5 Å². The molecule has 0 aliphatic carbocycles. The Kier molecular flexibility index (Phi) is 3.65. The summed E-state index contributed by atoms with van der Waals surface area (Å²) >= 11 is 0. The van der Waals surface area contributed by atoms with Gasteiger partial charge in [0.05, 0.1) is 7.11 Å². The van der Waals surface area contributed by atoms with E-state index >= 15 is 0 Å². The SMILES string of the molecule is C=C(c1ccc(OC)cc1)C(F)(F)c1ccccc1. The third-order valence-corrected chi connectivity index (χ3v) is 2.95. The number of halogens is 2. The molecule has 0 amide bonds. The third-order valence-electron chi connectivity index (χ3n) is 2.95. The molecule has 2 rings (SSSR count). The Balaban J connectivity index is 2.32. The number of allylic oxidation sites excluding steroid dienone is 1. The quantitative estimate of drug-likeness (QED) is 0.786. The van der Waals surface area contributed by atoms with E-state index in [4.69, 9.17) is 4.74 Å². The van der Waals surface area contributed by atoms with E-state index in [0.717, 1.165) is 0 Å². The van der Waals surface area contributed by atoms with Crippen LogP contribution in [0.25, 0.3) is 5.57 Å². The first-order valence-electron chi connectivity index (χ1n) is 5.83. The van der Waals surface area contributed by atoms with Gasteiger partial charge >= 0.3 is 0 Å². The van der Waals surface area contributed by atoms with Crippen LogP contribution in [0.4, 0.5) is 8.78 Å². The number of methoxy groups -OCH3 is 1. The molecule has 0 unspecified atom stereocenters. The fourth-order valence-corrected chi connectivity index (χ4v) is 1.80. The lowest BCUT2D eigenvalue weighted by atomic mass is 9.95. The fourth-order valence-electron chi connectivity index (χ4n) is 1.80. The first-order valence-corrected chi connectivity index (χ1v) is 5.83. The van der Waals surface area contributed by atoms with Gasteiger partial charge in [-0.3, -0.25) is 0 Å². The largest absolute Gasteiger partial charge is 0.497 e. The summed E-state index contributed by atoms with van der Waals surface area (Å²) in [6.07, 6.45) is 0. The number of benzene rings is 2. The van der Waals surface area contributed by atoms with Crippen molar-refractivity contribution in [2.75, 3.05) is 7.11 Å². The number of hydrogen-bond acceptors (Lipinski definition) is 1. The first kappa shape index (κ1) is 13.3. The van der Waals surface area contributed by atoms with Crippen LogP contribution >= 0.6 is 0 Å². The number of alkyl halides is 2. The molecule has 0 radical (unpaired) electrons. The zero-order chi connectivity index (χ0) is 13.9. The molecule has 0 saturated carbocycles. The number of rotatable bonds is 4. The Hall–Kier alpha value is -2.16. The van der Waals surface area contributed by atoms with Crippen molar-refractivity contribution >= 4 is 5.57 Å². The van der Waals surface area contributed by atoms with Gasteiger partial charge in [-0.05, 0) is 17.7 Å². The van der Waals surface area contributed by atoms with Crippen molar-refractivity contribution in [1.29, 1.82) is 0 Å². The Morgan fingerprint density at radius 1 is 1.00 bits per heavy atom. The summed E-state index contributed by atoms with van der Waals surface area (Å²) in [6.45, 7) is 3.54. The molecule has 0 aliphatic rings. The van der Waals surface area contributed by atoms with Gasteiger partial charge in [0.15, 0.2) is 0 Å². The van der Waals surface area contributed by atoms with Gasteiger partial charge in [0, 0.05) is 11.1 Å². The highest BCUT2D eigenvalue weighted by molar-refractivity contribution is 5.70. The maximum absolute atomic E-state index is 14.3. The summed E-state index contributed by atoms with van der Waals surface area (Å²) in [4.78, 5) is 0. The Labute approximate surface area is 111 Å². The normalized spacial score (nSPS) is 11.1. The lowest BCUT2D eigenvalue weighted by molar-refractivity contribution is 0.0646. The van der Waals surface area contributed by atoms with Gasteiger partial charge in [0.2, 0.25) is 0 Å². The zero-order valence-electron chi connectivity index (χ0n) is 10.6. The lowest BCUT2D eigenvalue weighted by Gasteiger charge is -2.19. The molecule has 0 spiro atoms. The van der Waals surface area contributed by atoms with Crippen LogP contribution in [0.5, 0.6) is 5.75 Å². The standard InChI is InChI=1S/C16H14F2O/c1-12(13-8-10-15(19-2)11-9-13)16(17,18)14-6-4-3-5-7-14/h3-11H,1H2,2H3. The highest BCUT2D eigenvalue weighted by Gasteiger charge is 2.35. The van der Waals surface area contributed by atoms with E-state index in [-0.39, 0.29) is 11.1 Å². The topological polar surface area (TPSA) is 9.23 Å². The summed E-state index contributed by atoms with van der Waals surface area (Å²) in [5, 5.41) is 0. The molecule has 0 aliphatic heterocycles. The van der Waals surface area contributed by atoms with Crippen LogP contribution < -0.4 is 4.74 Å². The van der Waals surface area contributed by atoms with Crippen molar-refractivity contribution in [3.63, 3.8) is 0 Å². The van der Waals surface area contributed by atoms with Gasteiger partial charge in [-0.2, -0.15) is 8.78 Å². The molecule has 2 aromatic carbocycles. The van der Waals surface area contributed by atoms with Crippen molar-refractivity contribution in [3.8, 4) is 5.75 Å². The minimum absolute atomic E-state index is 0.0594. The Morgan fingerprint density at radius 2 is 1.58 bits per heavy atom. The Morgan fingerprint density at radius 3 is 2.11 bits per heavy atom. The highest BCUT2D eigenvalue weighted by Crippen LogP contribution is 2.40. The average Bonchev–Trinajstić information content (AvgIpc) is 2.47. The summed E-state index contributed by atoms with van der Waals surface area (Å²) in [7, 11) is 1.53. The van der Waals surface area contributed by atoms with E-state index < -0.39 is 5.92 Å². The molecule has 19 heavy (non-hydrogen) atoms. The van der Waals surface area contributed by atoms with E-state index in [1.165, 1.54) is 19.2 Å². The van der Waals surface area contributed by atoms with Crippen molar-refractivity contribution in [1.82, 2.24) is 0 Å². The molecule has 0 atom stereocenters. The van der Waals surface area contributed by atoms with Crippen LogP contribution in [0.15, 0.2) is 61.2 Å². The lowest BCUT2D eigenvalue weighted by Crippen LogP contribution is -2.15. The molecular formula is C16H14F2O. The third kappa shape index (κ3) is 2.65. The van der Waals surface area contributed by atoms with Crippen LogP contribution in [0.2, 0.25) is 0 Å². The van der Waals surface area contributed by atoms with E-state index in [0.29, 0.717) is 11.3 Å². The van der Waals surface area contributed by atoms with Crippen LogP contribution in [0, 0.1) is 0 Å². The van der Waals surface area contributed by atoms with Gasteiger partial charge < -0.3 is 4.74 Å². The van der Waals surface area contributed by atoms with Gasteiger partial charge in [-0.15, -0.1) is 0 Å². The second-order valence-corrected chi connectivity index (χ2v) is 4.15. The number of ether oxygens (including phenoxy) is 1. The predicted octanol–water partition coefficient (Wildman–Crippen LogP) is 4.50. The Bertz CT molecular complexity index is 559. The summed E-state index contributed by atoms with van der Waals surface area (Å²) in [5.74, 6) is -2.46. The van der Waals surface area contributed by atoms with Crippen LogP contribution in [-0.4, -0.2) is 7.11 Å². The molecule has 3 heteroatoms. The van der Waals surface area contributed by atoms with E-state index in [1.807, 2.05) is 0 Å². The second kappa shape index (κ2) is 5.22. The number of hydrogen-bond donors (Lipinski definition) is 0. The van der Waals surface area contributed by atoms with E-state index in [1.54, 1.807) is 42.5 Å². The monoisotopic (exact) mass is 260 g/mol. The molecule has 98 valence electrons. The highest BCUT2D eigenvalue weighted by atomic mass is 19.3. The second-order valence-electron chi connectivity index (χ2n) is 4.15. The van der Waals surface area contributed by atoms with Crippen molar-refractivity contribution in [2.45, 2.75) is 5.92 Å². The van der Waals surface area contributed by atoms with Gasteiger partial charge in [-0.1, -0.05) is 49.0 Å². The molecule has 0 bridgehead atoms. The maximum Gasteiger partial charge on any atom is 0.298 e. The fraction of sp³-hybridized carbons (Fsp3) is 0.125.